The molecule has 0 radical (unpaired) electrons. The van der Waals surface area contributed by atoms with Gasteiger partial charge in [0.1, 0.15) is 17.8 Å². The van der Waals surface area contributed by atoms with Gasteiger partial charge in [0.15, 0.2) is 5.78 Å². The zero-order valence-corrected chi connectivity index (χ0v) is 14.1. The van der Waals surface area contributed by atoms with E-state index in [1.54, 1.807) is 6.33 Å². The lowest BCUT2D eigenvalue weighted by Gasteiger charge is -2.26. The first kappa shape index (κ1) is 15.8. The average molecular weight is 335 g/mol. The highest BCUT2D eigenvalue weighted by Crippen LogP contribution is 2.33. The second-order valence-electron chi connectivity index (χ2n) is 6.89. The fourth-order valence-corrected chi connectivity index (χ4v) is 3.61. The number of carbonyl (C=O) groups is 1. The van der Waals surface area contributed by atoms with Gasteiger partial charge in [-0.2, -0.15) is 0 Å². The number of H-pyrrole nitrogens is 1. The molecule has 1 atom stereocenters. The summed E-state index contributed by atoms with van der Waals surface area (Å²) in [7, 11) is 0. The van der Waals surface area contributed by atoms with Crippen molar-refractivity contribution in [2.45, 2.75) is 44.6 Å². The van der Waals surface area contributed by atoms with Crippen LogP contribution in [0.15, 0.2) is 30.4 Å². The Labute approximate surface area is 146 Å². The third kappa shape index (κ3) is 3.27. The van der Waals surface area contributed by atoms with Gasteiger partial charge in [-0.3, -0.25) is 0 Å². The van der Waals surface area contributed by atoms with Crippen molar-refractivity contribution in [3.63, 3.8) is 0 Å². The largest absolute Gasteiger partial charge is 0.353 e. The molecular weight excluding hydrogens is 314 g/mol. The van der Waals surface area contributed by atoms with Gasteiger partial charge in [-0.05, 0) is 44.1 Å². The molecule has 6 nitrogen and oxygen atoms in total. The molecule has 1 saturated heterocycles. The second-order valence-corrected chi connectivity index (χ2v) is 6.89. The number of allylic oxidation sites excluding steroid dienone is 2. The molecule has 4 rings (SSSR count). The van der Waals surface area contributed by atoms with E-state index in [4.69, 9.17) is 6.57 Å². The zero-order valence-electron chi connectivity index (χ0n) is 14.1. The fourth-order valence-electron chi connectivity index (χ4n) is 3.61. The fraction of sp³-hybridized carbons (Fsp3) is 0.474. The maximum absolute atomic E-state index is 12.4. The predicted octanol–water partition coefficient (Wildman–Crippen LogP) is 3.49. The predicted molar refractivity (Wildman–Crippen MR) is 95.9 cm³/mol. The average Bonchev–Trinajstić information content (AvgIpc) is 3.12. The van der Waals surface area contributed by atoms with Gasteiger partial charge in [-0.15, -0.1) is 0 Å². The van der Waals surface area contributed by atoms with Crippen molar-refractivity contribution in [1.82, 2.24) is 15.0 Å². The number of Topliss-reactive ketones (excluding diaryl/α,β-unsaturated/α-hetero) is 1. The van der Waals surface area contributed by atoms with Crippen molar-refractivity contribution >= 4 is 22.6 Å². The Kier molecular flexibility index (Phi) is 4.22. The summed E-state index contributed by atoms with van der Waals surface area (Å²) in [5.74, 6) is 1.39. The summed E-state index contributed by atoms with van der Waals surface area (Å²) in [6.45, 7) is 8.20. The number of nitrogens with one attached hydrogen (secondary N) is 1. The number of ketones is 1. The van der Waals surface area contributed by atoms with Gasteiger partial charge in [-0.25, -0.2) is 14.8 Å². The maximum atomic E-state index is 12.4. The number of aromatic amines is 1. The Hall–Kier alpha value is -2.68. The molecule has 25 heavy (non-hydrogen) atoms. The lowest BCUT2D eigenvalue weighted by molar-refractivity contribution is -0.115. The molecule has 6 heteroatoms. The van der Waals surface area contributed by atoms with E-state index in [9.17, 15) is 4.79 Å². The minimum Gasteiger partial charge on any atom is -0.353 e. The van der Waals surface area contributed by atoms with Gasteiger partial charge in [0.05, 0.1) is 12.0 Å². The van der Waals surface area contributed by atoms with Crippen LogP contribution >= 0.6 is 0 Å². The van der Waals surface area contributed by atoms with Gasteiger partial charge < -0.3 is 14.7 Å². The summed E-state index contributed by atoms with van der Waals surface area (Å²) >= 11 is 0. The summed E-state index contributed by atoms with van der Waals surface area (Å²) < 4.78 is 0. The van der Waals surface area contributed by atoms with Crippen LogP contribution in [0.1, 0.15) is 38.5 Å². The van der Waals surface area contributed by atoms with Crippen LogP contribution in [0.25, 0.3) is 15.9 Å². The van der Waals surface area contributed by atoms with E-state index in [1.165, 1.54) is 0 Å². The standard InChI is InChI=1S/C19H21N5O/c1-20-16(11-13-4-5-13)17(25)7-6-14-3-2-10-24(14)19-15-8-9-21-18(15)22-12-23-19/h8-9,11-14H,2-7,10H2,(H,21,22,23)/b16-11-. The van der Waals surface area contributed by atoms with Crippen LogP contribution in [0, 0.1) is 12.5 Å². The molecule has 0 spiro atoms. The summed E-state index contributed by atoms with van der Waals surface area (Å²) in [4.78, 5) is 30.0. The van der Waals surface area contributed by atoms with E-state index in [0.717, 1.165) is 55.5 Å². The van der Waals surface area contributed by atoms with Gasteiger partial charge >= 0.3 is 0 Å². The number of anilines is 1. The third-order valence-electron chi connectivity index (χ3n) is 5.11. The maximum Gasteiger partial charge on any atom is 0.225 e. The second kappa shape index (κ2) is 6.67. The van der Waals surface area contributed by atoms with Crippen LogP contribution in [0.3, 0.4) is 0 Å². The number of hydrogen-bond donors (Lipinski definition) is 1. The Morgan fingerprint density at radius 2 is 2.28 bits per heavy atom. The van der Waals surface area contributed by atoms with E-state index in [0.29, 0.717) is 24.1 Å². The molecule has 2 aliphatic rings. The number of nitrogens with zero attached hydrogens (tertiary/aromatic N) is 4. The number of rotatable bonds is 6. The summed E-state index contributed by atoms with van der Waals surface area (Å²) in [5.41, 5.74) is 1.18. The van der Waals surface area contributed by atoms with Gasteiger partial charge in [-0.1, -0.05) is 6.08 Å². The highest BCUT2D eigenvalue weighted by atomic mass is 16.1. The monoisotopic (exact) mass is 335 g/mol. The first-order chi connectivity index (χ1) is 12.3. The van der Waals surface area contributed by atoms with Crippen molar-refractivity contribution in [3.05, 3.63) is 41.8 Å². The molecule has 0 aromatic carbocycles. The van der Waals surface area contributed by atoms with Gasteiger partial charge in [0.2, 0.25) is 5.70 Å². The lowest BCUT2D eigenvalue weighted by atomic mass is 10.0. The molecule has 128 valence electrons. The number of fused-ring (bicyclic) bond motifs is 1. The van der Waals surface area contributed by atoms with Gasteiger partial charge in [0, 0.05) is 25.2 Å². The lowest BCUT2D eigenvalue weighted by Crippen LogP contribution is -2.30. The van der Waals surface area contributed by atoms with E-state index in [-0.39, 0.29) is 5.78 Å². The first-order valence-electron chi connectivity index (χ1n) is 8.93. The van der Waals surface area contributed by atoms with E-state index >= 15 is 0 Å². The SMILES string of the molecule is [C-]#[N+]/C(=C\C1CC1)C(=O)CCC1CCCN1c1ncnc2[nH]ccc12. The van der Waals surface area contributed by atoms with E-state index < -0.39 is 0 Å². The van der Waals surface area contributed by atoms with E-state index in [1.807, 2.05) is 18.3 Å². The van der Waals surface area contributed by atoms with Crippen LogP contribution in [0.2, 0.25) is 0 Å². The smallest absolute Gasteiger partial charge is 0.225 e. The molecule has 0 amide bonds. The van der Waals surface area contributed by atoms with Crippen molar-refractivity contribution in [1.29, 1.82) is 0 Å². The third-order valence-corrected chi connectivity index (χ3v) is 5.11. The normalized spacial score (nSPS) is 20.8. The molecule has 2 fully saturated rings. The molecule has 1 aliphatic heterocycles. The van der Waals surface area contributed by atoms with Crippen LogP contribution in [0.5, 0.6) is 0 Å². The van der Waals surface area contributed by atoms with Crippen molar-refractivity contribution in [2.75, 3.05) is 11.4 Å². The molecule has 0 bridgehead atoms. The first-order valence-corrected chi connectivity index (χ1v) is 8.93. The Balaban J connectivity index is 1.46. The summed E-state index contributed by atoms with van der Waals surface area (Å²) in [6, 6.07) is 2.30. The molecule has 1 N–H and O–H groups in total. The van der Waals surface area contributed by atoms with Crippen molar-refractivity contribution in [3.8, 4) is 0 Å². The molecule has 2 aromatic rings. The van der Waals surface area contributed by atoms with Crippen LogP contribution < -0.4 is 4.90 Å². The molecule has 1 saturated carbocycles. The summed E-state index contributed by atoms with van der Waals surface area (Å²) in [5, 5.41) is 1.02. The Bertz CT molecular complexity index is 858. The minimum absolute atomic E-state index is 0.0109. The van der Waals surface area contributed by atoms with Crippen molar-refractivity contribution in [2.24, 2.45) is 5.92 Å². The molecule has 3 heterocycles. The number of aromatic nitrogens is 3. The minimum atomic E-state index is -0.0109. The molecule has 2 aromatic heterocycles. The quantitative estimate of drug-likeness (QED) is 0.648. The van der Waals surface area contributed by atoms with E-state index in [2.05, 4.69) is 24.7 Å². The topological polar surface area (TPSA) is 66.2 Å². The Morgan fingerprint density at radius 1 is 1.40 bits per heavy atom. The highest BCUT2D eigenvalue weighted by molar-refractivity contribution is 5.97. The number of hydrogen-bond acceptors (Lipinski definition) is 4. The molecule has 1 aliphatic carbocycles. The summed E-state index contributed by atoms with van der Waals surface area (Å²) in [6.07, 6.45) is 10.9. The van der Waals surface area contributed by atoms with Crippen LogP contribution in [-0.2, 0) is 4.79 Å². The Morgan fingerprint density at radius 3 is 3.08 bits per heavy atom. The zero-order chi connectivity index (χ0) is 17.2. The van der Waals surface area contributed by atoms with Crippen molar-refractivity contribution < 1.29 is 4.79 Å². The van der Waals surface area contributed by atoms with Gasteiger partial charge in [0.25, 0.3) is 0 Å². The molecular formula is C19H21N5O. The number of carbonyl (C=O) groups excluding carboxylic acids is 1. The highest BCUT2D eigenvalue weighted by Gasteiger charge is 2.28. The molecule has 1 unspecified atom stereocenters. The van der Waals surface area contributed by atoms with Crippen LogP contribution in [0.4, 0.5) is 5.82 Å². The van der Waals surface area contributed by atoms with Crippen LogP contribution in [-0.4, -0.2) is 33.3 Å².